The minimum atomic E-state index is -4.86. The Morgan fingerprint density at radius 1 is 1.22 bits per heavy atom. The van der Waals surface area contributed by atoms with Crippen molar-refractivity contribution in [3.63, 3.8) is 0 Å². The molecule has 1 N–H and O–H groups in total. The van der Waals surface area contributed by atoms with Crippen LogP contribution in [0.4, 0.5) is 9.57 Å². The predicted octanol–water partition coefficient (Wildman–Crippen LogP) is 1.94. The van der Waals surface area contributed by atoms with Crippen molar-refractivity contribution in [3.05, 3.63) is 42.0 Å². The maximum absolute atomic E-state index is 13.1. The summed E-state index contributed by atoms with van der Waals surface area (Å²) >= 11 is 0. The van der Waals surface area contributed by atoms with E-state index in [2.05, 4.69) is 0 Å². The molecule has 3 rings (SSSR count). The Kier molecular flexibility index (Phi) is 3.56. The van der Waals surface area contributed by atoms with Gasteiger partial charge in [0.1, 0.15) is 5.25 Å². The van der Waals surface area contributed by atoms with Crippen molar-refractivity contribution < 1.29 is 27.0 Å². The number of hydrogen-bond acceptors (Lipinski definition) is 4. The van der Waals surface area contributed by atoms with Crippen LogP contribution in [0.2, 0.25) is 0 Å². The molecule has 0 saturated carbocycles. The molecule has 1 saturated heterocycles. The summed E-state index contributed by atoms with van der Waals surface area (Å²) in [7, 11) is -4.86. The molecule has 6 nitrogen and oxygen atoms in total. The van der Waals surface area contributed by atoms with Crippen LogP contribution in [0.1, 0.15) is 16.8 Å². The summed E-state index contributed by atoms with van der Waals surface area (Å²) in [6.45, 7) is -0.393. The van der Waals surface area contributed by atoms with E-state index in [1.165, 1.54) is 12.1 Å². The number of benzene rings is 2. The Labute approximate surface area is 131 Å². The number of aromatic carboxylic acids is 1. The van der Waals surface area contributed by atoms with E-state index >= 15 is 0 Å². The zero-order valence-corrected chi connectivity index (χ0v) is 12.6. The fraction of sp³-hybridized carbons (Fsp3) is 0.200. The van der Waals surface area contributed by atoms with Gasteiger partial charge in [-0.1, -0.05) is 24.3 Å². The summed E-state index contributed by atoms with van der Waals surface area (Å²) < 4.78 is 35.2. The van der Waals surface area contributed by atoms with Crippen LogP contribution in [0, 0.1) is 0 Å². The number of halogens is 1. The third kappa shape index (κ3) is 2.77. The van der Waals surface area contributed by atoms with Gasteiger partial charge in [0.25, 0.3) is 0 Å². The third-order valence-corrected chi connectivity index (χ3v) is 4.98. The molecule has 1 atom stereocenters. The first kappa shape index (κ1) is 15.4. The Morgan fingerprint density at radius 3 is 2.35 bits per heavy atom. The Morgan fingerprint density at radius 2 is 1.83 bits per heavy atom. The van der Waals surface area contributed by atoms with Gasteiger partial charge in [0.15, 0.2) is 0 Å². The minimum Gasteiger partial charge on any atom is -0.478 e. The molecule has 0 aromatic heterocycles. The van der Waals surface area contributed by atoms with Crippen molar-refractivity contribution in [1.29, 1.82) is 0 Å². The normalized spacial score (nSPS) is 18.6. The lowest BCUT2D eigenvalue weighted by Gasteiger charge is -2.19. The van der Waals surface area contributed by atoms with Gasteiger partial charge in [-0.25, -0.2) is 4.79 Å². The first-order chi connectivity index (χ1) is 10.8. The van der Waals surface area contributed by atoms with E-state index in [-0.39, 0.29) is 11.3 Å². The molecule has 0 radical (unpaired) electrons. The van der Waals surface area contributed by atoms with Crippen molar-refractivity contribution in [3.8, 4) is 0 Å². The standard InChI is InChI=1S/C15H12FNO5S/c16-23(21,22)11-7-14(18)17(8-11)13-6-10-4-2-1-3-9(10)5-12(13)15(19)20/h1-6,11H,7-8H2,(H,19,20). The van der Waals surface area contributed by atoms with Crippen LogP contribution in [0.25, 0.3) is 10.8 Å². The number of carbonyl (C=O) groups is 2. The fourth-order valence-electron chi connectivity index (χ4n) is 2.72. The predicted molar refractivity (Wildman–Crippen MR) is 81.7 cm³/mol. The van der Waals surface area contributed by atoms with Gasteiger partial charge in [-0.3, -0.25) is 4.79 Å². The molecule has 1 unspecified atom stereocenters. The fourth-order valence-corrected chi connectivity index (χ4v) is 3.39. The largest absolute Gasteiger partial charge is 0.478 e. The molecular formula is C15H12FNO5S. The molecule has 0 aliphatic carbocycles. The van der Waals surface area contributed by atoms with E-state index in [0.717, 1.165) is 4.90 Å². The van der Waals surface area contributed by atoms with E-state index in [0.29, 0.717) is 10.8 Å². The number of fused-ring (bicyclic) bond motifs is 1. The number of carboxylic acid groups (broad SMARTS) is 1. The molecule has 23 heavy (non-hydrogen) atoms. The molecule has 2 aromatic carbocycles. The number of amides is 1. The topological polar surface area (TPSA) is 91.8 Å². The number of nitrogens with zero attached hydrogens (tertiary/aromatic N) is 1. The van der Waals surface area contributed by atoms with E-state index < -0.39 is 40.3 Å². The number of rotatable bonds is 3. The van der Waals surface area contributed by atoms with Crippen molar-refractivity contribution in [2.24, 2.45) is 0 Å². The van der Waals surface area contributed by atoms with Gasteiger partial charge in [-0.2, -0.15) is 8.42 Å². The summed E-state index contributed by atoms with van der Waals surface area (Å²) in [6, 6.07) is 9.90. The molecule has 1 aliphatic heterocycles. The Hall–Kier alpha value is -2.48. The van der Waals surface area contributed by atoms with E-state index in [4.69, 9.17) is 0 Å². The number of carbonyl (C=O) groups excluding carboxylic acids is 1. The molecule has 1 heterocycles. The highest BCUT2D eigenvalue weighted by atomic mass is 32.3. The molecule has 8 heteroatoms. The van der Waals surface area contributed by atoms with Crippen molar-refractivity contribution >= 4 is 38.6 Å². The average molecular weight is 337 g/mol. The van der Waals surface area contributed by atoms with Gasteiger partial charge in [-0.15, -0.1) is 3.89 Å². The van der Waals surface area contributed by atoms with Gasteiger partial charge >= 0.3 is 16.2 Å². The van der Waals surface area contributed by atoms with Crippen LogP contribution in [0.5, 0.6) is 0 Å². The summed E-state index contributed by atoms with van der Waals surface area (Å²) in [4.78, 5) is 24.5. The lowest BCUT2D eigenvalue weighted by molar-refractivity contribution is -0.117. The van der Waals surface area contributed by atoms with Crippen LogP contribution in [-0.2, 0) is 15.0 Å². The van der Waals surface area contributed by atoms with Gasteiger partial charge in [0, 0.05) is 13.0 Å². The van der Waals surface area contributed by atoms with Gasteiger partial charge in [0.2, 0.25) is 5.91 Å². The smallest absolute Gasteiger partial charge is 0.337 e. The molecule has 0 bridgehead atoms. The maximum Gasteiger partial charge on any atom is 0.337 e. The third-order valence-electron chi connectivity index (χ3n) is 3.87. The van der Waals surface area contributed by atoms with E-state index in [1.807, 2.05) is 0 Å². The second-order valence-electron chi connectivity index (χ2n) is 5.33. The highest BCUT2D eigenvalue weighted by Crippen LogP contribution is 2.32. The summed E-state index contributed by atoms with van der Waals surface area (Å²) in [5.74, 6) is -1.86. The summed E-state index contributed by atoms with van der Waals surface area (Å²) in [6.07, 6.45) is -0.495. The van der Waals surface area contributed by atoms with Crippen molar-refractivity contribution in [2.75, 3.05) is 11.4 Å². The van der Waals surface area contributed by atoms with Crippen LogP contribution in [0.15, 0.2) is 36.4 Å². The monoisotopic (exact) mass is 337 g/mol. The average Bonchev–Trinajstić information content (AvgIpc) is 2.88. The zero-order chi connectivity index (χ0) is 16.8. The van der Waals surface area contributed by atoms with Crippen LogP contribution >= 0.6 is 0 Å². The number of anilines is 1. The molecule has 2 aromatic rings. The molecule has 1 aliphatic rings. The van der Waals surface area contributed by atoms with Crippen LogP contribution < -0.4 is 4.90 Å². The highest BCUT2D eigenvalue weighted by Gasteiger charge is 2.40. The van der Waals surface area contributed by atoms with Crippen LogP contribution in [-0.4, -0.2) is 37.2 Å². The SMILES string of the molecule is O=C(O)c1cc2ccccc2cc1N1CC(S(=O)(=O)F)CC1=O. The second-order valence-corrected chi connectivity index (χ2v) is 6.95. The molecular weight excluding hydrogens is 325 g/mol. The first-order valence-corrected chi connectivity index (χ1v) is 8.22. The van der Waals surface area contributed by atoms with Gasteiger partial charge in [-0.05, 0) is 22.9 Å². The zero-order valence-electron chi connectivity index (χ0n) is 11.8. The maximum atomic E-state index is 13.1. The van der Waals surface area contributed by atoms with Crippen molar-refractivity contribution in [1.82, 2.24) is 0 Å². The van der Waals surface area contributed by atoms with Gasteiger partial charge < -0.3 is 10.0 Å². The molecule has 120 valence electrons. The van der Waals surface area contributed by atoms with Crippen molar-refractivity contribution in [2.45, 2.75) is 11.7 Å². The highest BCUT2D eigenvalue weighted by molar-refractivity contribution is 7.87. The Balaban J connectivity index is 2.13. The summed E-state index contributed by atoms with van der Waals surface area (Å²) in [5, 5.41) is 9.27. The number of hydrogen-bond donors (Lipinski definition) is 1. The van der Waals surface area contributed by atoms with E-state index in [9.17, 15) is 27.0 Å². The first-order valence-electron chi connectivity index (χ1n) is 6.77. The second kappa shape index (κ2) is 5.31. The molecule has 1 amide bonds. The Bertz CT molecular complexity index is 925. The molecule has 1 fully saturated rings. The summed E-state index contributed by atoms with van der Waals surface area (Å²) in [5.41, 5.74) is -0.0543. The lowest BCUT2D eigenvalue weighted by atomic mass is 10.0. The van der Waals surface area contributed by atoms with E-state index in [1.54, 1.807) is 24.3 Å². The van der Waals surface area contributed by atoms with Crippen LogP contribution in [0.3, 0.4) is 0 Å². The lowest BCUT2D eigenvalue weighted by Crippen LogP contribution is -2.28. The molecule has 0 spiro atoms. The number of carboxylic acids is 1. The quantitative estimate of drug-likeness (QED) is 0.864. The van der Waals surface area contributed by atoms with Gasteiger partial charge in [0.05, 0.1) is 11.3 Å². The minimum absolute atomic E-state index is 0.0763.